The molecule has 57 heavy (non-hydrogen) atoms. The Labute approximate surface area is 333 Å². The lowest BCUT2D eigenvalue weighted by Crippen LogP contribution is -2.18. The molecule has 0 radical (unpaired) electrons. The summed E-state index contributed by atoms with van der Waals surface area (Å²) in [5, 5.41) is 1.27. The predicted molar refractivity (Wildman–Crippen MR) is 236 cm³/mol. The van der Waals surface area contributed by atoms with Gasteiger partial charge < -0.3 is 9.30 Å². The van der Waals surface area contributed by atoms with Crippen LogP contribution in [0.2, 0.25) is 0 Å². The Bertz CT molecular complexity index is 2730. The number of para-hydroxylation sites is 2. The molecular weight excluding hydrogens is 697 g/mol. The number of nitrogens with zero attached hydrogens (tertiary/aromatic N) is 4. The van der Waals surface area contributed by atoms with E-state index in [0.29, 0.717) is 24.1 Å². The summed E-state index contributed by atoms with van der Waals surface area (Å²) in [5.41, 5.74) is 11.7. The second-order valence-electron chi connectivity index (χ2n) is 15.1. The average molecular weight is 739 g/mol. The van der Waals surface area contributed by atoms with Gasteiger partial charge in [0.25, 0.3) is 0 Å². The fourth-order valence-electron chi connectivity index (χ4n) is 8.79. The van der Waals surface area contributed by atoms with Crippen LogP contribution in [0.25, 0.3) is 33.8 Å². The highest BCUT2D eigenvalue weighted by molar-refractivity contribution is 6.08. The van der Waals surface area contributed by atoms with Gasteiger partial charge in [0, 0.05) is 45.5 Å². The first-order valence-electron chi connectivity index (χ1n) is 19.8. The van der Waals surface area contributed by atoms with E-state index in [1.165, 1.54) is 33.3 Å². The standard InChI is InChI=1S/C52H42N4O/c1-53-51(38-19-9-4-10-20-38)55-52(41-22-13-21-39(32-41)36-15-5-2-6-16-36)54-34-35-27-29-44-45-24-14-26-47(50(45)57-49(44)31-35)56-46-25-12-11-23-42(46)43-30-28-40(33-48(43)56)37-17-7-3-8-18-37/h2-19,21-32,38,40,44,49H,1,20,33-34H2/b54-52-,55-51-. The van der Waals surface area contributed by atoms with Crippen LogP contribution < -0.4 is 4.74 Å². The fourth-order valence-corrected chi connectivity index (χ4v) is 8.79. The van der Waals surface area contributed by atoms with Crippen molar-refractivity contribution in [3.8, 4) is 22.6 Å². The van der Waals surface area contributed by atoms with Gasteiger partial charge in [0.2, 0.25) is 0 Å². The first-order chi connectivity index (χ1) is 28.2. The van der Waals surface area contributed by atoms with Gasteiger partial charge in [0.1, 0.15) is 17.7 Å². The molecule has 0 fully saturated rings. The molecule has 0 saturated carbocycles. The van der Waals surface area contributed by atoms with E-state index in [9.17, 15) is 0 Å². The van der Waals surface area contributed by atoms with Crippen molar-refractivity contribution >= 4 is 35.4 Å². The molecule has 0 bridgehead atoms. The van der Waals surface area contributed by atoms with Crippen molar-refractivity contribution in [1.29, 1.82) is 0 Å². The van der Waals surface area contributed by atoms with Crippen molar-refractivity contribution in [1.82, 2.24) is 4.57 Å². The molecule has 276 valence electrons. The average Bonchev–Trinajstić information content (AvgIpc) is 3.82. The molecule has 4 aliphatic rings. The van der Waals surface area contributed by atoms with E-state index in [1.807, 2.05) is 12.1 Å². The van der Waals surface area contributed by atoms with E-state index in [0.717, 1.165) is 46.5 Å². The van der Waals surface area contributed by atoms with Crippen LogP contribution in [0.4, 0.5) is 0 Å². The fraction of sp³-hybridized carbons (Fsp3) is 0.135. The monoisotopic (exact) mass is 738 g/mol. The molecule has 5 nitrogen and oxygen atoms in total. The van der Waals surface area contributed by atoms with Crippen LogP contribution >= 0.6 is 0 Å². The minimum Gasteiger partial charge on any atom is -0.483 e. The predicted octanol–water partition coefficient (Wildman–Crippen LogP) is 11.7. The van der Waals surface area contributed by atoms with Gasteiger partial charge in [0.05, 0.1) is 17.7 Å². The summed E-state index contributed by atoms with van der Waals surface area (Å²) in [6.45, 7) is 4.35. The lowest BCUT2D eigenvalue weighted by atomic mass is 9.87. The van der Waals surface area contributed by atoms with Crippen LogP contribution in [0.1, 0.15) is 46.2 Å². The van der Waals surface area contributed by atoms with Crippen molar-refractivity contribution in [2.24, 2.45) is 20.9 Å². The molecule has 1 aliphatic heterocycles. The molecule has 4 unspecified atom stereocenters. The number of benzene rings is 5. The van der Waals surface area contributed by atoms with Crippen molar-refractivity contribution < 1.29 is 4.74 Å². The Balaban J connectivity index is 0.982. The molecule has 2 heterocycles. The summed E-state index contributed by atoms with van der Waals surface area (Å²) < 4.78 is 9.44. The van der Waals surface area contributed by atoms with E-state index in [1.54, 1.807) is 0 Å². The van der Waals surface area contributed by atoms with Crippen molar-refractivity contribution in [2.45, 2.75) is 30.8 Å². The maximum Gasteiger partial charge on any atom is 0.157 e. The van der Waals surface area contributed by atoms with Crippen molar-refractivity contribution in [2.75, 3.05) is 6.54 Å². The Morgan fingerprint density at radius 2 is 1.58 bits per heavy atom. The van der Waals surface area contributed by atoms with Crippen LogP contribution in [0.15, 0.2) is 197 Å². The third-order valence-electron chi connectivity index (χ3n) is 11.6. The maximum absolute atomic E-state index is 6.99. The van der Waals surface area contributed by atoms with E-state index in [-0.39, 0.29) is 17.9 Å². The van der Waals surface area contributed by atoms with Crippen LogP contribution in [0.5, 0.6) is 5.75 Å². The Hall–Kier alpha value is -6.85. The third kappa shape index (κ3) is 6.55. The second kappa shape index (κ2) is 15.0. The summed E-state index contributed by atoms with van der Waals surface area (Å²) in [6.07, 6.45) is 21.4. The number of aromatic nitrogens is 1. The molecule has 0 saturated heterocycles. The molecule has 3 aliphatic carbocycles. The minimum absolute atomic E-state index is 0.0485. The third-order valence-corrected chi connectivity index (χ3v) is 11.6. The molecule has 0 amide bonds. The molecule has 5 heteroatoms. The Morgan fingerprint density at radius 1 is 0.772 bits per heavy atom. The summed E-state index contributed by atoms with van der Waals surface area (Å²) in [5.74, 6) is 2.73. The topological polar surface area (TPSA) is 51.2 Å². The van der Waals surface area contributed by atoms with E-state index >= 15 is 0 Å². The van der Waals surface area contributed by atoms with E-state index < -0.39 is 0 Å². The number of ether oxygens (including phenoxy) is 1. The Morgan fingerprint density at radius 3 is 2.42 bits per heavy atom. The van der Waals surface area contributed by atoms with Gasteiger partial charge in [-0.15, -0.1) is 0 Å². The summed E-state index contributed by atoms with van der Waals surface area (Å²) >= 11 is 0. The number of hydrogen-bond donors (Lipinski definition) is 0. The van der Waals surface area contributed by atoms with Crippen LogP contribution in [0, 0.1) is 5.92 Å². The summed E-state index contributed by atoms with van der Waals surface area (Å²) in [4.78, 5) is 14.7. The van der Waals surface area contributed by atoms with Crippen LogP contribution in [0.3, 0.4) is 0 Å². The second-order valence-corrected chi connectivity index (χ2v) is 15.1. The van der Waals surface area contributed by atoms with Gasteiger partial charge in [-0.2, -0.15) is 0 Å². The lowest BCUT2D eigenvalue weighted by Gasteiger charge is -2.21. The Kier molecular flexibility index (Phi) is 9.11. The molecule has 0 spiro atoms. The molecule has 10 rings (SSSR count). The molecule has 0 N–H and O–H groups in total. The van der Waals surface area contributed by atoms with Crippen LogP contribution in [-0.2, 0) is 6.42 Å². The highest BCUT2D eigenvalue weighted by Crippen LogP contribution is 2.48. The molecule has 5 aromatic carbocycles. The molecule has 1 aromatic heterocycles. The van der Waals surface area contributed by atoms with Crippen molar-refractivity contribution in [3.63, 3.8) is 0 Å². The number of rotatable bonds is 7. The number of aliphatic imine (C=N–C) groups is 3. The largest absolute Gasteiger partial charge is 0.483 e. The van der Waals surface area contributed by atoms with Crippen molar-refractivity contribution in [3.05, 3.63) is 210 Å². The molecule has 4 atom stereocenters. The van der Waals surface area contributed by atoms with Gasteiger partial charge in [-0.3, -0.25) is 4.99 Å². The number of amidine groups is 2. The zero-order valence-corrected chi connectivity index (χ0v) is 31.7. The quantitative estimate of drug-likeness (QED) is 0.119. The van der Waals surface area contributed by atoms with Gasteiger partial charge in [-0.05, 0) is 66.1 Å². The normalized spacial score (nSPS) is 20.8. The summed E-state index contributed by atoms with van der Waals surface area (Å²) in [7, 11) is 0. The molecule has 6 aromatic rings. The SMILES string of the molecule is C=N/C(=N\C(=N/CC1=CC2Oc3c(cccc3-n3c4c(c5ccccc53)C=CC(c3ccccc3)C4)C2C=C1)c1cccc(-c2ccccc2)c1)C1C=CC=CC1. The summed E-state index contributed by atoms with van der Waals surface area (Å²) in [6, 6.07) is 45.1. The number of fused-ring (bicyclic) bond motifs is 6. The highest BCUT2D eigenvalue weighted by atomic mass is 16.5. The zero-order chi connectivity index (χ0) is 38.1. The van der Waals surface area contributed by atoms with Gasteiger partial charge in [-0.1, -0.05) is 158 Å². The van der Waals surface area contributed by atoms with Gasteiger partial charge in [-0.25, -0.2) is 9.98 Å². The minimum atomic E-state index is -0.135. The van der Waals surface area contributed by atoms with Crippen LogP contribution in [-0.4, -0.2) is 35.6 Å². The first-order valence-corrected chi connectivity index (χ1v) is 19.8. The molecular formula is C52H42N4O. The highest BCUT2D eigenvalue weighted by Gasteiger charge is 2.36. The zero-order valence-electron chi connectivity index (χ0n) is 31.7. The first kappa shape index (κ1) is 34.6. The van der Waals surface area contributed by atoms with E-state index in [2.05, 4.69) is 186 Å². The smallest absolute Gasteiger partial charge is 0.157 e. The van der Waals surface area contributed by atoms with E-state index in [4.69, 9.17) is 14.7 Å². The lowest BCUT2D eigenvalue weighted by molar-refractivity contribution is 0.267. The van der Waals surface area contributed by atoms with Gasteiger partial charge >= 0.3 is 0 Å². The van der Waals surface area contributed by atoms with Gasteiger partial charge in [0.15, 0.2) is 5.84 Å². The number of allylic oxidation sites excluding steroid dienone is 4. The number of hydrogen-bond acceptors (Lipinski definition) is 2. The maximum atomic E-state index is 6.99.